The largest absolute Gasteiger partial charge is 0.330 e. The fraction of sp³-hybridized carbons (Fsp3) is 0.263. The molecule has 6 heteroatoms. The minimum absolute atomic E-state index is 0.819. The molecule has 1 aromatic heterocycles. The minimum atomic E-state index is 0.819. The molecule has 25 heavy (non-hydrogen) atoms. The first-order valence-corrected chi connectivity index (χ1v) is 9.72. The number of nitrogens with one attached hydrogen (secondary N) is 2. The quantitative estimate of drug-likeness (QED) is 0.693. The molecule has 2 heterocycles. The van der Waals surface area contributed by atoms with Gasteiger partial charge in [-0.05, 0) is 36.3 Å². The summed E-state index contributed by atoms with van der Waals surface area (Å²) in [6.45, 7) is 5.07. The van der Waals surface area contributed by atoms with Gasteiger partial charge in [-0.25, -0.2) is 0 Å². The molecule has 2 N–H and O–H groups in total. The van der Waals surface area contributed by atoms with E-state index in [1.165, 1.54) is 32.9 Å². The lowest BCUT2D eigenvalue weighted by Gasteiger charge is -2.25. The second kappa shape index (κ2) is 7.07. The van der Waals surface area contributed by atoms with Crippen LogP contribution in [0.1, 0.15) is 16.7 Å². The molecule has 1 aliphatic heterocycles. The lowest BCUT2D eigenvalue weighted by Crippen LogP contribution is -3.11. The van der Waals surface area contributed by atoms with Gasteiger partial charge in [0, 0.05) is 17.7 Å². The molecule has 0 bridgehead atoms. The van der Waals surface area contributed by atoms with Crippen molar-refractivity contribution in [1.29, 1.82) is 0 Å². The molecule has 2 aromatic carbocycles. The zero-order valence-corrected chi connectivity index (χ0v) is 15.8. The van der Waals surface area contributed by atoms with E-state index in [1.54, 1.807) is 0 Å². The molecule has 4 rings (SSSR count). The van der Waals surface area contributed by atoms with Crippen LogP contribution >= 0.6 is 23.6 Å². The van der Waals surface area contributed by atoms with Crippen molar-refractivity contribution < 1.29 is 4.90 Å². The SMILES string of the molecule is Cc1ccccc1Nc1nn(C[NH+]2CCc3ccccc3C2)c(=S)s1. The average molecular weight is 370 g/mol. The molecule has 0 saturated carbocycles. The van der Waals surface area contributed by atoms with Crippen LogP contribution in [0.5, 0.6) is 0 Å². The van der Waals surface area contributed by atoms with Crippen LogP contribution in [0.4, 0.5) is 10.8 Å². The number of aromatic nitrogens is 2. The van der Waals surface area contributed by atoms with Crippen molar-refractivity contribution in [2.24, 2.45) is 0 Å². The van der Waals surface area contributed by atoms with Crippen molar-refractivity contribution in [2.45, 2.75) is 26.6 Å². The summed E-state index contributed by atoms with van der Waals surface area (Å²) >= 11 is 7.07. The number of anilines is 2. The number of fused-ring (bicyclic) bond motifs is 1. The van der Waals surface area contributed by atoms with Crippen molar-refractivity contribution in [2.75, 3.05) is 11.9 Å². The van der Waals surface area contributed by atoms with Gasteiger partial charge in [-0.2, -0.15) is 4.68 Å². The fourth-order valence-electron chi connectivity index (χ4n) is 3.27. The third kappa shape index (κ3) is 3.66. The van der Waals surface area contributed by atoms with Crippen LogP contribution in [0.3, 0.4) is 0 Å². The first-order valence-electron chi connectivity index (χ1n) is 8.50. The fourth-order valence-corrected chi connectivity index (χ4v) is 4.29. The summed E-state index contributed by atoms with van der Waals surface area (Å²) in [5.74, 6) is 0. The highest BCUT2D eigenvalue weighted by Crippen LogP contribution is 2.22. The van der Waals surface area contributed by atoms with Gasteiger partial charge in [0.2, 0.25) is 5.13 Å². The highest BCUT2D eigenvalue weighted by molar-refractivity contribution is 7.73. The Balaban J connectivity index is 1.48. The summed E-state index contributed by atoms with van der Waals surface area (Å²) in [6, 6.07) is 17.0. The lowest BCUT2D eigenvalue weighted by atomic mass is 10.0. The normalized spacial score (nSPS) is 16.4. The van der Waals surface area contributed by atoms with Crippen molar-refractivity contribution in [3.8, 4) is 0 Å². The zero-order chi connectivity index (χ0) is 17.2. The molecule has 0 radical (unpaired) electrons. The molecule has 1 aliphatic rings. The Hall–Kier alpha value is -2.02. The van der Waals surface area contributed by atoms with Crippen LogP contribution in [0, 0.1) is 10.9 Å². The molecule has 0 aliphatic carbocycles. The molecule has 0 amide bonds. The highest BCUT2D eigenvalue weighted by atomic mass is 32.1. The number of hydrogen-bond donors (Lipinski definition) is 2. The van der Waals surface area contributed by atoms with E-state index >= 15 is 0 Å². The van der Waals surface area contributed by atoms with Gasteiger partial charge in [0.25, 0.3) is 0 Å². The van der Waals surface area contributed by atoms with Gasteiger partial charge in [0.15, 0.2) is 10.6 Å². The van der Waals surface area contributed by atoms with E-state index in [-0.39, 0.29) is 0 Å². The van der Waals surface area contributed by atoms with Gasteiger partial charge < -0.3 is 10.2 Å². The van der Waals surface area contributed by atoms with Crippen LogP contribution < -0.4 is 10.2 Å². The third-order valence-corrected chi connectivity index (χ3v) is 5.90. The van der Waals surface area contributed by atoms with Crippen LogP contribution in [-0.4, -0.2) is 16.3 Å². The molecular weight excluding hydrogens is 348 g/mol. The van der Waals surface area contributed by atoms with Crippen LogP contribution in [0.2, 0.25) is 0 Å². The number of nitrogens with zero attached hydrogens (tertiary/aromatic N) is 2. The molecule has 1 atom stereocenters. The lowest BCUT2D eigenvalue weighted by molar-refractivity contribution is -0.938. The van der Waals surface area contributed by atoms with Crippen molar-refractivity contribution in [1.82, 2.24) is 9.78 Å². The summed E-state index contributed by atoms with van der Waals surface area (Å²) < 4.78 is 2.78. The van der Waals surface area contributed by atoms with E-state index in [2.05, 4.69) is 48.6 Å². The van der Waals surface area contributed by atoms with Crippen LogP contribution in [0.15, 0.2) is 48.5 Å². The Kier molecular flexibility index (Phi) is 4.65. The summed E-state index contributed by atoms with van der Waals surface area (Å²) in [6.07, 6.45) is 1.12. The van der Waals surface area contributed by atoms with Gasteiger partial charge >= 0.3 is 0 Å². The van der Waals surface area contributed by atoms with E-state index in [9.17, 15) is 0 Å². The summed E-state index contributed by atoms with van der Waals surface area (Å²) in [4.78, 5) is 1.50. The Bertz CT molecular complexity index is 944. The molecule has 128 valence electrons. The number of rotatable bonds is 4. The third-order valence-electron chi connectivity index (χ3n) is 4.67. The van der Waals surface area contributed by atoms with Crippen molar-refractivity contribution in [3.63, 3.8) is 0 Å². The summed E-state index contributed by atoms with van der Waals surface area (Å²) in [5.41, 5.74) is 5.21. The average Bonchev–Trinajstić information content (AvgIpc) is 2.96. The molecule has 4 nitrogen and oxygen atoms in total. The Morgan fingerprint density at radius 1 is 1.16 bits per heavy atom. The Morgan fingerprint density at radius 3 is 2.76 bits per heavy atom. The summed E-state index contributed by atoms with van der Waals surface area (Å²) in [7, 11) is 0. The van der Waals surface area contributed by atoms with Gasteiger partial charge in [-0.15, -0.1) is 5.10 Å². The Morgan fingerprint density at radius 2 is 1.92 bits per heavy atom. The first kappa shape index (κ1) is 16.4. The highest BCUT2D eigenvalue weighted by Gasteiger charge is 2.20. The number of benzene rings is 2. The van der Waals surface area contributed by atoms with Gasteiger partial charge in [0.05, 0.1) is 6.54 Å². The molecule has 0 saturated heterocycles. The van der Waals surface area contributed by atoms with Gasteiger partial charge in [-0.1, -0.05) is 53.8 Å². The number of aryl methyl sites for hydroxylation is 1. The standard InChI is InChI=1S/C19H20N4S2/c1-14-6-2-5-9-17(14)20-18-21-23(19(24)25-18)13-22-11-10-15-7-3-4-8-16(15)12-22/h2-9H,10-13H2,1H3,(H,20,21)/p+1. The monoisotopic (exact) mass is 369 g/mol. The van der Waals surface area contributed by atoms with E-state index in [4.69, 9.17) is 17.3 Å². The minimum Gasteiger partial charge on any atom is -0.330 e. The second-order valence-corrected chi connectivity index (χ2v) is 8.09. The topological polar surface area (TPSA) is 34.3 Å². The molecule has 0 fully saturated rings. The molecule has 1 unspecified atom stereocenters. The Labute approximate surface area is 156 Å². The number of hydrogen-bond acceptors (Lipinski definition) is 4. The zero-order valence-electron chi connectivity index (χ0n) is 14.2. The maximum atomic E-state index is 5.53. The second-order valence-electron chi connectivity index (χ2n) is 6.47. The summed E-state index contributed by atoms with van der Waals surface area (Å²) in [5, 5.41) is 8.95. The maximum absolute atomic E-state index is 5.53. The number of quaternary nitrogens is 1. The maximum Gasteiger partial charge on any atom is 0.209 e. The smallest absolute Gasteiger partial charge is 0.209 e. The van der Waals surface area contributed by atoms with E-state index in [0.29, 0.717) is 0 Å². The number of para-hydroxylation sites is 1. The molecule has 3 aromatic rings. The van der Waals surface area contributed by atoms with Crippen molar-refractivity contribution >= 4 is 34.4 Å². The van der Waals surface area contributed by atoms with Gasteiger partial charge in [-0.3, -0.25) is 0 Å². The van der Waals surface area contributed by atoms with E-state index in [0.717, 1.165) is 41.0 Å². The van der Waals surface area contributed by atoms with Crippen LogP contribution in [-0.2, 0) is 19.6 Å². The molecule has 0 spiro atoms. The van der Waals surface area contributed by atoms with E-state index in [1.807, 2.05) is 16.8 Å². The predicted octanol–water partition coefficient (Wildman–Crippen LogP) is 3.32. The van der Waals surface area contributed by atoms with E-state index < -0.39 is 0 Å². The van der Waals surface area contributed by atoms with Crippen LogP contribution in [0.25, 0.3) is 0 Å². The molecular formula is C19H21N4S2+. The van der Waals surface area contributed by atoms with Gasteiger partial charge in [0.1, 0.15) is 6.54 Å². The predicted molar refractivity (Wildman–Crippen MR) is 105 cm³/mol. The van der Waals surface area contributed by atoms with Crippen molar-refractivity contribution in [3.05, 3.63) is 69.2 Å². The first-order chi connectivity index (χ1) is 12.2.